The van der Waals surface area contributed by atoms with Crippen LogP contribution in [0, 0.1) is 11.6 Å². The number of carbonyl (C=O) groups excluding carboxylic acids is 1. The van der Waals surface area contributed by atoms with E-state index in [1.807, 2.05) is 47.2 Å². The molecule has 0 atom stereocenters. The summed E-state index contributed by atoms with van der Waals surface area (Å²) in [5.41, 5.74) is 2.48. The molecule has 0 unspecified atom stereocenters. The van der Waals surface area contributed by atoms with E-state index in [-0.39, 0.29) is 11.4 Å². The van der Waals surface area contributed by atoms with Gasteiger partial charge in [-0.25, -0.2) is 8.78 Å². The number of nitrogens with zero attached hydrogens (tertiary/aromatic N) is 3. The molecule has 0 saturated carbocycles. The van der Waals surface area contributed by atoms with Crippen LogP contribution in [0.5, 0.6) is 0 Å². The number of fused-ring (bicyclic) bond motifs is 1. The zero-order chi connectivity index (χ0) is 23.7. The second kappa shape index (κ2) is 9.28. The molecule has 2 heterocycles. The molecule has 0 bridgehead atoms. The summed E-state index contributed by atoms with van der Waals surface area (Å²) in [5.74, 6) is -1.49. The maximum atomic E-state index is 13.9. The number of H-pyrrole nitrogens is 1. The Morgan fingerprint density at radius 1 is 1.06 bits per heavy atom. The molecule has 0 aliphatic carbocycles. The van der Waals surface area contributed by atoms with Gasteiger partial charge in [-0.3, -0.25) is 9.36 Å². The van der Waals surface area contributed by atoms with Gasteiger partial charge in [0.25, 0.3) is 0 Å². The molecule has 34 heavy (non-hydrogen) atoms. The van der Waals surface area contributed by atoms with Crippen molar-refractivity contribution in [2.24, 2.45) is 0 Å². The maximum Gasteiger partial charge on any atom is 0.234 e. The summed E-state index contributed by atoms with van der Waals surface area (Å²) in [4.78, 5) is 15.7. The van der Waals surface area contributed by atoms with E-state index in [1.54, 1.807) is 12.1 Å². The predicted molar refractivity (Wildman–Crippen MR) is 129 cm³/mol. The number of anilines is 1. The van der Waals surface area contributed by atoms with Crippen molar-refractivity contribution >= 4 is 45.9 Å². The third-order valence-corrected chi connectivity index (χ3v) is 6.27. The minimum Gasteiger partial charge on any atom is -0.360 e. The number of aromatic nitrogens is 4. The molecule has 0 radical (unpaired) electrons. The lowest BCUT2D eigenvalue weighted by Gasteiger charge is -2.10. The minimum absolute atomic E-state index is 0.0591. The summed E-state index contributed by atoms with van der Waals surface area (Å²) in [7, 11) is 0. The van der Waals surface area contributed by atoms with E-state index in [4.69, 9.17) is 11.6 Å². The van der Waals surface area contributed by atoms with E-state index in [1.165, 1.54) is 6.07 Å². The van der Waals surface area contributed by atoms with Crippen LogP contribution in [0.1, 0.15) is 0 Å². The molecule has 0 aliphatic heterocycles. The van der Waals surface area contributed by atoms with Crippen molar-refractivity contribution in [3.63, 3.8) is 0 Å². The molecule has 5 aromatic rings. The van der Waals surface area contributed by atoms with Gasteiger partial charge in [-0.1, -0.05) is 41.6 Å². The number of benzene rings is 3. The van der Waals surface area contributed by atoms with Gasteiger partial charge >= 0.3 is 0 Å². The number of rotatable bonds is 6. The van der Waals surface area contributed by atoms with Gasteiger partial charge in [-0.2, -0.15) is 0 Å². The van der Waals surface area contributed by atoms with Gasteiger partial charge in [0.05, 0.1) is 11.4 Å². The normalized spacial score (nSPS) is 11.1. The first kappa shape index (κ1) is 22.1. The zero-order valence-electron chi connectivity index (χ0n) is 17.4. The molecule has 0 spiro atoms. The molecule has 2 aromatic heterocycles. The Bertz CT molecular complexity index is 1500. The van der Waals surface area contributed by atoms with E-state index >= 15 is 0 Å². The summed E-state index contributed by atoms with van der Waals surface area (Å²) in [6.45, 7) is 0. The number of para-hydroxylation sites is 1. The average Bonchev–Trinajstić information content (AvgIpc) is 3.44. The molecule has 1 amide bonds. The van der Waals surface area contributed by atoms with Crippen molar-refractivity contribution in [1.29, 1.82) is 0 Å². The van der Waals surface area contributed by atoms with Crippen molar-refractivity contribution in [2.75, 3.05) is 11.1 Å². The summed E-state index contributed by atoms with van der Waals surface area (Å²) in [6.07, 6.45) is 1.86. The number of hydrogen-bond donors (Lipinski definition) is 2. The number of halogens is 3. The Labute approximate surface area is 202 Å². The summed E-state index contributed by atoms with van der Waals surface area (Å²) < 4.78 is 28.8. The molecule has 0 aliphatic rings. The lowest BCUT2D eigenvalue weighted by molar-refractivity contribution is -0.113. The highest BCUT2D eigenvalue weighted by Gasteiger charge is 2.20. The Balaban J connectivity index is 1.46. The number of hydrogen-bond acceptors (Lipinski definition) is 4. The van der Waals surface area contributed by atoms with E-state index < -0.39 is 17.5 Å². The average molecular weight is 496 g/mol. The number of nitrogens with one attached hydrogen (secondary N) is 2. The molecular formula is C24H16ClF2N5OS. The molecule has 3 aromatic carbocycles. The van der Waals surface area contributed by atoms with Gasteiger partial charge in [-0.15, -0.1) is 10.2 Å². The Kier molecular flexibility index (Phi) is 6.04. The van der Waals surface area contributed by atoms with Crippen LogP contribution in [0.3, 0.4) is 0 Å². The number of amides is 1. The van der Waals surface area contributed by atoms with Crippen LogP contribution in [0.15, 0.2) is 78.1 Å². The van der Waals surface area contributed by atoms with E-state index in [9.17, 15) is 13.6 Å². The van der Waals surface area contributed by atoms with E-state index in [0.29, 0.717) is 22.1 Å². The number of thioether (sulfide) groups is 1. The Hall–Kier alpha value is -3.69. The fraction of sp³-hybridized carbons (Fsp3) is 0.0417. The van der Waals surface area contributed by atoms with Crippen LogP contribution < -0.4 is 5.32 Å². The van der Waals surface area contributed by atoms with Gasteiger partial charge in [0, 0.05) is 39.4 Å². The van der Waals surface area contributed by atoms with Gasteiger partial charge in [-0.05, 0) is 42.5 Å². The first-order valence-electron chi connectivity index (χ1n) is 10.1. The third kappa shape index (κ3) is 4.40. The van der Waals surface area contributed by atoms with Crippen LogP contribution in [0.2, 0.25) is 5.02 Å². The molecule has 0 fully saturated rings. The second-order valence-corrected chi connectivity index (χ2v) is 8.71. The Morgan fingerprint density at radius 3 is 2.65 bits per heavy atom. The lowest BCUT2D eigenvalue weighted by Crippen LogP contribution is -2.15. The fourth-order valence-corrected chi connectivity index (χ4v) is 4.40. The van der Waals surface area contributed by atoms with Crippen LogP contribution in [-0.2, 0) is 4.79 Å². The van der Waals surface area contributed by atoms with Gasteiger partial charge < -0.3 is 10.3 Å². The summed E-state index contributed by atoms with van der Waals surface area (Å²) >= 11 is 7.22. The standard InChI is InChI=1S/C24H16ClF2N5OS/c25-14-5-8-16(9-6-14)32-23(18-12-28-20-4-2-1-3-17(18)20)30-31-24(32)34-13-22(33)29-21-10-7-15(26)11-19(21)27/h1-12,28H,13H2,(H,29,33). The van der Waals surface area contributed by atoms with Crippen molar-refractivity contribution in [3.8, 4) is 17.1 Å². The third-order valence-electron chi connectivity index (χ3n) is 5.09. The number of aromatic amines is 1. The lowest BCUT2D eigenvalue weighted by atomic mass is 10.1. The quantitative estimate of drug-likeness (QED) is 0.280. The predicted octanol–water partition coefficient (Wildman–Crippen LogP) is 6.08. The zero-order valence-corrected chi connectivity index (χ0v) is 19.0. The highest BCUT2D eigenvalue weighted by molar-refractivity contribution is 7.99. The first-order chi connectivity index (χ1) is 16.5. The maximum absolute atomic E-state index is 13.9. The topological polar surface area (TPSA) is 75.6 Å². The van der Waals surface area contributed by atoms with Crippen molar-refractivity contribution < 1.29 is 13.6 Å². The van der Waals surface area contributed by atoms with E-state index in [2.05, 4.69) is 20.5 Å². The highest BCUT2D eigenvalue weighted by Crippen LogP contribution is 2.32. The number of carbonyl (C=O) groups is 1. The smallest absolute Gasteiger partial charge is 0.234 e. The van der Waals surface area contributed by atoms with Gasteiger partial charge in [0.1, 0.15) is 11.6 Å². The van der Waals surface area contributed by atoms with Crippen molar-refractivity contribution in [2.45, 2.75) is 5.16 Å². The molecule has 10 heteroatoms. The molecule has 0 saturated heterocycles. The second-order valence-electron chi connectivity index (χ2n) is 7.33. The van der Waals surface area contributed by atoms with Gasteiger partial charge in [0.15, 0.2) is 11.0 Å². The molecule has 6 nitrogen and oxygen atoms in total. The Morgan fingerprint density at radius 2 is 1.85 bits per heavy atom. The SMILES string of the molecule is O=C(CSc1nnc(-c2c[nH]c3ccccc23)n1-c1ccc(Cl)cc1)Nc1ccc(F)cc1F. The van der Waals surface area contributed by atoms with Crippen molar-refractivity contribution in [1.82, 2.24) is 19.7 Å². The van der Waals surface area contributed by atoms with E-state index in [0.717, 1.165) is 40.0 Å². The molecular weight excluding hydrogens is 480 g/mol. The highest BCUT2D eigenvalue weighted by atomic mass is 35.5. The van der Waals surface area contributed by atoms with Crippen LogP contribution in [0.4, 0.5) is 14.5 Å². The molecule has 5 rings (SSSR count). The largest absolute Gasteiger partial charge is 0.360 e. The van der Waals surface area contributed by atoms with Crippen LogP contribution in [-0.4, -0.2) is 31.4 Å². The van der Waals surface area contributed by atoms with Crippen LogP contribution in [0.25, 0.3) is 28.0 Å². The van der Waals surface area contributed by atoms with Crippen LogP contribution >= 0.6 is 23.4 Å². The van der Waals surface area contributed by atoms with Crippen molar-refractivity contribution in [3.05, 3.63) is 89.6 Å². The fourth-order valence-electron chi connectivity index (χ4n) is 3.52. The molecule has 2 N–H and O–H groups in total. The first-order valence-corrected chi connectivity index (χ1v) is 11.5. The molecule has 170 valence electrons. The minimum atomic E-state index is -0.843. The monoisotopic (exact) mass is 495 g/mol. The summed E-state index contributed by atoms with van der Waals surface area (Å²) in [5, 5.41) is 13.2. The van der Waals surface area contributed by atoms with Gasteiger partial charge in [0.2, 0.25) is 5.91 Å². The summed E-state index contributed by atoms with van der Waals surface area (Å²) in [6, 6.07) is 18.0.